The molecule has 3 rings (SSSR count). The largest absolute Gasteiger partial charge is 0.369 e. The molecule has 2 N–H and O–H groups in total. The summed E-state index contributed by atoms with van der Waals surface area (Å²) in [4.78, 5) is 12.4. The van der Waals surface area contributed by atoms with Crippen molar-refractivity contribution < 1.29 is 4.39 Å². The molecule has 1 fully saturated rings. The number of anilines is 1. The Kier molecular flexibility index (Phi) is 7.04. The van der Waals surface area contributed by atoms with Crippen molar-refractivity contribution in [3.63, 3.8) is 0 Å². The number of aryl methyl sites for hydroxylation is 1. The van der Waals surface area contributed by atoms with Gasteiger partial charge in [-0.15, -0.1) is 11.3 Å². The van der Waals surface area contributed by atoms with Crippen LogP contribution in [0.4, 0.5) is 10.1 Å². The standard InChI is InChI=1S/C20H28FN5S/c1-3-18-13-24-19(27-18)9-10-23-20(22-2)25-16-7-5-11-26(14-16)17-8-4-6-15(21)12-17/h4,6,8,12-13,16H,3,5,7,9-11,14H2,1-2H3,(H2,22,23,25). The lowest BCUT2D eigenvalue weighted by molar-refractivity contribution is 0.467. The number of halogens is 1. The van der Waals surface area contributed by atoms with Gasteiger partial charge in [0.2, 0.25) is 0 Å². The molecule has 1 aromatic carbocycles. The van der Waals surface area contributed by atoms with Gasteiger partial charge in [0.1, 0.15) is 5.82 Å². The zero-order valence-electron chi connectivity index (χ0n) is 16.0. The average Bonchev–Trinajstić information content (AvgIpc) is 3.15. The Labute approximate surface area is 164 Å². The summed E-state index contributed by atoms with van der Waals surface area (Å²) in [7, 11) is 1.79. The van der Waals surface area contributed by atoms with Crippen LogP contribution < -0.4 is 15.5 Å². The Morgan fingerprint density at radius 1 is 1.44 bits per heavy atom. The van der Waals surface area contributed by atoms with Crippen molar-refractivity contribution in [1.29, 1.82) is 0 Å². The van der Waals surface area contributed by atoms with Gasteiger partial charge in [-0.3, -0.25) is 4.99 Å². The van der Waals surface area contributed by atoms with E-state index in [-0.39, 0.29) is 5.82 Å². The molecule has 0 saturated carbocycles. The summed E-state index contributed by atoms with van der Waals surface area (Å²) >= 11 is 1.78. The highest BCUT2D eigenvalue weighted by atomic mass is 32.1. The molecule has 2 heterocycles. The Balaban J connectivity index is 1.48. The average molecular weight is 390 g/mol. The SMILES string of the molecule is CCc1cnc(CCNC(=NC)NC2CCCN(c3cccc(F)c3)C2)s1. The Morgan fingerprint density at radius 2 is 2.33 bits per heavy atom. The van der Waals surface area contributed by atoms with Crippen LogP contribution in [0.15, 0.2) is 35.5 Å². The maximum absolute atomic E-state index is 13.5. The fraction of sp³-hybridized carbons (Fsp3) is 0.500. The molecule has 1 saturated heterocycles. The highest BCUT2D eigenvalue weighted by molar-refractivity contribution is 7.11. The molecule has 1 aromatic heterocycles. The number of hydrogen-bond donors (Lipinski definition) is 2. The van der Waals surface area contributed by atoms with Crippen LogP contribution >= 0.6 is 11.3 Å². The predicted molar refractivity (Wildman–Crippen MR) is 111 cm³/mol. The molecule has 0 radical (unpaired) electrons. The summed E-state index contributed by atoms with van der Waals surface area (Å²) in [6.07, 6.45) is 6.06. The molecule has 0 spiro atoms. The van der Waals surface area contributed by atoms with Crippen molar-refractivity contribution in [2.45, 2.75) is 38.6 Å². The van der Waals surface area contributed by atoms with E-state index >= 15 is 0 Å². The van der Waals surface area contributed by atoms with Gasteiger partial charge in [-0.25, -0.2) is 9.37 Å². The lowest BCUT2D eigenvalue weighted by atomic mass is 10.0. The van der Waals surface area contributed by atoms with Crippen LogP contribution in [0, 0.1) is 5.82 Å². The minimum atomic E-state index is -0.187. The predicted octanol–water partition coefficient (Wildman–Crippen LogP) is 3.22. The van der Waals surface area contributed by atoms with E-state index in [1.54, 1.807) is 30.5 Å². The van der Waals surface area contributed by atoms with E-state index in [1.807, 2.05) is 12.3 Å². The summed E-state index contributed by atoms with van der Waals surface area (Å²) in [6, 6.07) is 7.12. The third kappa shape index (κ3) is 5.66. The third-order valence-electron chi connectivity index (χ3n) is 4.74. The van der Waals surface area contributed by atoms with Crippen molar-refractivity contribution in [3.05, 3.63) is 46.2 Å². The molecule has 5 nitrogen and oxygen atoms in total. The van der Waals surface area contributed by atoms with Crippen molar-refractivity contribution >= 4 is 23.0 Å². The summed E-state index contributed by atoms with van der Waals surface area (Å²) < 4.78 is 13.5. The van der Waals surface area contributed by atoms with Gasteiger partial charge in [0.15, 0.2) is 5.96 Å². The van der Waals surface area contributed by atoms with Crippen LogP contribution in [-0.2, 0) is 12.8 Å². The summed E-state index contributed by atoms with van der Waals surface area (Å²) in [5.74, 6) is 0.627. The number of benzene rings is 1. The van der Waals surface area contributed by atoms with Crippen molar-refractivity contribution in [1.82, 2.24) is 15.6 Å². The third-order valence-corrected chi connectivity index (χ3v) is 5.94. The number of nitrogens with zero attached hydrogens (tertiary/aromatic N) is 3. The number of aliphatic imine (C=N–C) groups is 1. The molecule has 1 unspecified atom stereocenters. The van der Waals surface area contributed by atoms with E-state index in [0.717, 1.165) is 62.0 Å². The Bertz CT molecular complexity index is 760. The first kappa shape index (κ1) is 19.6. The molecule has 146 valence electrons. The van der Waals surface area contributed by atoms with Gasteiger partial charge in [0.05, 0.1) is 5.01 Å². The van der Waals surface area contributed by atoms with Crippen LogP contribution in [0.1, 0.15) is 29.7 Å². The molecular weight excluding hydrogens is 361 g/mol. The van der Waals surface area contributed by atoms with Gasteiger partial charge in [0, 0.05) is 55.9 Å². The van der Waals surface area contributed by atoms with E-state index in [0.29, 0.717) is 6.04 Å². The first-order chi connectivity index (χ1) is 13.2. The highest BCUT2D eigenvalue weighted by Gasteiger charge is 2.21. The molecule has 0 bridgehead atoms. The maximum atomic E-state index is 13.5. The molecule has 27 heavy (non-hydrogen) atoms. The molecular formula is C20H28FN5S. The summed E-state index contributed by atoms with van der Waals surface area (Å²) in [5, 5.41) is 8.05. The lowest BCUT2D eigenvalue weighted by Crippen LogP contribution is -2.51. The summed E-state index contributed by atoms with van der Waals surface area (Å²) in [5.41, 5.74) is 0.944. The van der Waals surface area contributed by atoms with Gasteiger partial charge >= 0.3 is 0 Å². The minimum Gasteiger partial charge on any atom is -0.369 e. The number of hydrogen-bond acceptors (Lipinski definition) is 4. The van der Waals surface area contributed by atoms with Crippen LogP contribution in [-0.4, -0.2) is 43.7 Å². The second-order valence-electron chi connectivity index (χ2n) is 6.73. The fourth-order valence-corrected chi connectivity index (χ4v) is 4.17. The van der Waals surface area contributed by atoms with Gasteiger partial charge in [-0.05, 0) is 37.5 Å². The molecule has 1 aliphatic heterocycles. The monoisotopic (exact) mass is 389 g/mol. The van der Waals surface area contributed by atoms with Gasteiger partial charge < -0.3 is 15.5 Å². The zero-order chi connectivity index (χ0) is 19.1. The van der Waals surface area contributed by atoms with E-state index in [1.165, 1.54) is 10.9 Å². The molecule has 7 heteroatoms. The molecule has 2 aromatic rings. The van der Waals surface area contributed by atoms with Crippen LogP contribution in [0.2, 0.25) is 0 Å². The van der Waals surface area contributed by atoms with Crippen LogP contribution in [0.5, 0.6) is 0 Å². The van der Waals surface area contributed by atoms with Crippen molar-refractivity contribution in [2.75, 3.05) is 31.6 Å². The zero-order valence-corrected chi connectivity index (χ0v) is 16.9. The van der Waals surface area contributed by atoms with Crippen LogP contribution in [0.3, 0.4) is 0 Å². The van der Waals surface area contributed by atoms with Gasteiger partial charge in [0.25, 0.3) is 0 Å². The molecule has 1 atom stereocenters. The topological polar surface area (TPSA) is 52.6 Å². The second-order valence-corrected chi connectivity index (χ2v) is 7.93. The van der Waals surface area contributed by atoms with E-state index in [4.69, 9.17) is 0 Å². The number of guanidine groups is 1. The normalized spacial score (nSPS) is 17.8. The maximum Gasteiger partial charge on any atom is 0.191 e. The molecule has 0 aliphatic carbocycles. The smallest absolute Gasteiger partial charge is 0.191 e. The summed E-state index contributed by atoms with van der Waals surface area (Å²) in [6.45, 7) is 4.75. The first-order valence-corrected chi connectivity index (χ1v) is 10.4. The number of thiazole rings is 1. The van der Waals surface area contributed by atoms with E-state index in [2.05, 4.69) is 32.4 Å². The minimum absolute atomic E-state index is 0.187. The Morgan fingerprint density at radius 3 is 3.07 bits per heavy atom. The number of rotatable bonds is 6. The van der Waals surface area contributed by atoms with Crippen molar-refractivity contribution in [3.8, 4) is 0 Å². The van der Waals surface area contributed by atoms with Gasteiger partial charge in [-0.2, -0.15) is 0 Å². The second kappa shape index (κ2) is 9.69. The lowest BCUT2D eigenvalue weighted by Gasteiger charge is -2.35. The fourth-order valence-electron chi connectivity index (χ4n) is 3.31. The van der Waals surface area contributed by atoms with Crippen molar-refractivity contribution in [2.24, 2.45) is 4.99 Å². The molecule has 0 amide bonds. The quantitative estimate of drug-likeness (QED) is 0.588. The Hall–Kier alpha value is -2.15. The number of aromatic nitrogens is 1. The van der Waals surface area contributed by atoms with E-state index in [9.17, 15) is 4.39 Å². The molecule has 1 aliphatic rings. The number of piperidine rings is 1. The number of nitrogens with one attached hydrogen (secondary N) is 2. The van der Waals surface area contributed by atoms with E-state index < -0.39 is 0 Å². The van der Waals surface area contributed by atoms with Crippen LogP contribution in [0.25, 0.3) is 0 Å². The first-order valence-electron chi connectivity index (χ1n) is 9.59. The highest BCUT2D eigenvalue weighted by Crippen LogP contribution is 2.20. The van der Waals surface area contributed by atoms with Gasteiger partial charge in [-0.1, -0.05) is 13.0 Å².